The molecule has 40 nitrogen and oxygen atoms in total. The van der Waals surface area contributed by atoms with E-state index in [1.165, 1.54) is 51.6 Å². The van der Waals surface area contributed by atoms with Crippen molar-refractivity contribution in [1.29, 1.82) is 0 Å². The number of imidazole rings is 5. The highest BCUT2D eigenvalue weighted by atomic mass is 32.2. The van der Waals surface area contributed by atoms with Crippen molar-refractivity contribution in [3.8, 4) is 0 Å². The fourth-order valence-corrected chi connectivity index (χ4v) is 24.3. The van der Waals surface area contributed by atoms with Crippen LogP contribution in [0.15, 0.2) is 44.6 Å². The van der Waals surface area contributed by atoms with E-state index in [9.17, 15) is 75.0 Å². The Labute approximate surface area is 804 Å². The van der Waals surface area contributed by atoms with Crippen molar-refractivity contribution in [2.24, 2.45) is 0 Å². The maximum absolute atomic E-state index is 12.4. The van der Waals surface area contributed by atoms with Crippen molar-refractivity contribution in [3.05, 3.63) is 85.7 Å². The molecule has 0 bridgehead atoms. The van der Waals surface area contributed by atoms with Crippen molar-refractivity contribution in [2.75, 3.05) is 121 Å². The van der Waals surface area contributed by atoms with Crippen molar-refractivity contribution in [2.45, 2.75) is 250 Å². The van der Waals surface area contributed by atoms with Gasteiger partial charge in [0, 0.05) is 11.5 Å². The van der Waals surface area contributed by atoms with Crippen LogP contribution in [-0.4, -0.2) is 393 Å². The fraction of sp³-hybridized carbons (Fsp3) is 0.647. The van der Waals surface area contributed by atoms with Crippen LogP contribution in [0.1, 0.15) is 132 Å². The minimum atomic E-state index is -1.28. The Morgan fingerprint density at radius 2 is 0.578 bits per heavy atom. The van der Waals surface area contributed by atoms with Crippen molar-refractivity contribution < 1.29 is 74.7 Å². The Morgan fingerprint density at radius 3 is 0.837 bits per heavy atom. The third-order valence-electron chi connectivity index (χ3n) is 22.9. The number of aryl methyl sites for hydroxylation is 5. The summed E-state index contributed by atoms with van der Waals surface area (Å²) in [5.74, 6) is 4.60. The van der Waals surface area contributed by atoms with E-state index in [1.54, 1.807) is 52.9 Å². The molecule has 15 rings (SSSR count). The Morgan fingerprint density at radius 1 is 0.333 bits per heavy atom. The summed E-state index contributed by atoms with van der Waals surface area (Å²) in [5, 5.41) is 108. The Bertz CT molecular complexity index is 6520. The minimum Gasteiger partial charge on any atom is -0.388 e. The van der Waals surface area contributed by atoms with Crippen LogP contribution in [-0.2, 0) is 23.7 Å². The van der Waals surface area contributed by atoms with Crippen molar-refractivity contribution in [1.82, 2.24) is 97.6 Å². The monoisotopic (exact) mass is 2070 g/mol. The Kier molecular flexibility index (Phi) is 36.8. The summed E-state index contributed by atoms with van der Waals surface area (Å²) < 4.78 is 38.4. The summed E-state index contributed by atoms with van der Waals surface area (Å²) in [6.45, 7) is 29.4. The van der Waals surface area contributed by atoms with E-state index in [0.29, 0.717) is 110 Å². The number of unbranched alkanes of at least 4 members (excludes halogenated alkanes) is 1. The van der Waals surface area contributed by atoms with Gasteiger partial charge in [-0.2, -0.15) is 0 Å². The average Bonchev–Trinajstić information content (AvgIpc) is 1.61. The maximum atomic E-state index is 12.4. The topological polar surface area (TPSA) is 569 Å². The first-order valence-electron chi connectivity index (χ1n) is 44.6. The van der Waals surface area contributed by atoms with Gasteiger partial charge in [-0.25, -0.2) is 44.9 Å². The summed E-state index contributed by atoms with van der Waals surface area (Å²) in [6, 6.07) is 0. The Hall–Kier alpha value is -5.73. The SMILES string of the molecule is C=P(C)(C)CC[C@H]1OC(n2c(=S)[nH]c3c(=O)[nH]c(C)nc32)C(O)[C@@H]1O.C=P(C)(C)CC[C@H]1OC(n2c(SC)nc3c(=O)[nH]c(C)nc32)C(O)[C@@H]1O.C=P(C)(C)CC[C@H]1OC(n2c(SCC)nc3c(=O)[nH]c(C)nc32)C(O)[C@@H]1O.C=P(C)(C)CC[C@H]1OC(n2c(SCCC)nc3c(=O)[nH]c(C)nc32)C(O)[C@@H]1O.C=P(C)(C)CC[C@H]1OC(n2c(SCCCC)nc3c(=O)[nH]c(C)nc32)C(O)[C@@H]1O. The molecule has 135 heavy (non-hydrogen) atoms. The standard InChI is InChI=1S/C19H31N4O4PS.C18H29N4O4PS.C17H27N4O4PS.C16H25N4O4PS.C15H23N4O4PS/c1-6-7-10-29-19-22-13-16(20-11(2)21-17(13)26)23(19)18-15(25)14(24)12(27-18)8-9-28(3,4)5;1-6-9-28-18-21-12-15(19-10(2)20-16(12)25)22(18)17-14(24)13(23)11(26-17)7-8-27(3,4)5;1-6-27-17-20-11-14(18-9(2)19-15(11)24)21(17)16-13(23)12(22)10(25-16)7-8-26(3,4)5;1-8-17-13-10(14(23)18-8)19-16(26-5)20(13)15-12(22)11(21)9(24-15)6-7-25(2,3)4;1-7-16-12-9(13(22)17-7)18-15(25)19(12)14-11(21)10(20)8(23-14)5-6-24(2,3)4/h12,14-15,18,24-25H,3,6-10H2,1-2,4-5H3,(H,20,21,26);11,13-14,17,23-24H,3,6-9H2,1-2,4-5H3,(H,19,20,25);10,12-13,16,22-23H,3,6-8H2,1-2,4-5H3,(H,18,19,24);9,11-12,15,21-22H,2,6-7H2,1,3-5H3,(H,17,18,23);8,10-11,14,20-21H,2,5-6H2,1,3-4H3,(H,18,25)(H,16,17,22)/t12-,14-,15?,18?;11-,13-,14?,17?;10-,12-,13?,16?;9-,11-,12?,15?;8-,10-,11?,14?/m11111/s1. The first-order chi connectivity index (χ1) is 63.1. The number of thioether (sulfide) groups is 4. The number of aliphatic hydroxyl groups is 10. The second-order valence-corrected chi connectivity index (χ2v) is 64.3. The normalized spacial score (nSPS) is 26.1. The zero-order valence-electron chi connectivity index (χ0n) is 80.0. The maximum Gasteiger partial charge on any atom is 0.279 e. The molecule has 0 aromatic carbocycles. The molecule has 10 aromatic rings. The molecule has 16 N–H and O–H groups in total. The van der Waals surface area contributed by atoms with Crippen LogP contribution >= 0.6 is 93.7 Å². The van der Waals surface area contributed by atoms with Gasteiger partial charge in [-0.1, -0.05) is 74.2 Å². The van der Waals surface area contributed by atoms with Crippen LogP contribution in [0.5, 0.6) is 0 Å². The number of hydrogen-bond acceptors (Lipinski definition) is 34. The molecule has 750 valence electrons. The molecule has 0 amide bonds. The molecule has 10 aromatic heterocycles. The van der Waals surface area contributed by atoms with Gasteiger partial charge >= 0.3 is 0 Å². The lowest BCUT2D eigenvalue weighted by molar-refractivity contribution is -0.0400. The summed E-state index contributed by atoms with van der Waals surface area (Å²) in [7, 11) is 0. The quantitative estimate of drug-likeness (QED) is 0.00972. The lowest BCUT2D eigenvalue weighted by Gasteiger charge is -2.20. The van der Waals surface area contributed by atoms with E-state index in [0.717, 1.165) is 67.3 Å². The molecule has 50 heteroatoms. The second kappa shape index (κ2) is 45.3. The van der Waals surface area contributed by atoms with Gasteiger partial charge in [0.15, 0.2) is 112 Å². The predicted octanol–water partition coefficient (Wildman–Crippen LogP) is 6.62. The smallest absolute Gasteiger partial charge is 0.279 e. The first-order valence-corrected chi connectivity index (χ1v) is 64.5. The van der Waals surface area contributed by atoms with E-state index in [1.807, 2.05) is 13.2 Å². The van der Waals surface area contributed by atoms with Crippen LogP contribution in [0.4, 0.5) is 0 Å². The molecule has 5 fully saturated rings. The van der Waals surface area contributed by atoms with Gasteiger partial charge < -0.3 is 105 Å². The molecular weight excluding hydrogens is 1940 g/mol. The number of nitrogens with one attached hydrogen (secondary N) is 6. The number of hydrogen-bond donors (Lipinski definition) is 16. The fourth-order valence-electron chi connectivity index (χ4n) is 15.9. The third-order valence-corrected chi connectivity index (χ3v) is 34.2. The highest BCUT2D eigenvalue weighted by Crippen LogP contribution is 2.48. The highest BCUT2D eigenvalue weighted by molar-refractivity contribution is 7.99. The van der Waals surface area contributed by atoms with Gasteiger partial charge in [0.05, 0.1) is 30.5 Å². The number of fused-ring (bicyclic) bond motifs is 5. The molecule has 0 saturated carbocycles. The lowest BCUT2D eigenvalue weighted by atomic mass is 10.1. The second-order valence-electron chi connectivity index (χ2n) is 38.2. The molecule has 5 aliphatic rings. The molecule has 0 spiro atoms. The van der Waals surface area contributed by atoms with Crippen LogP contribution in [0.2, 0.25) is 0 Å². The van der Waals surface area contributed by atoms with Gasteiger partial charge in [-0.3, -0.25) is 46.8 Å². The number of aromatic nitrogens is 20. The van der Waals surface area contributed by atoms with Crippen molar-refractivity contribution >= 4 is 181 Å². The Balaban J connectivity index is 0.000000162. The molecular formula is C85H135N20O20P5S5. The summed E-state index contributed by atoms with van der Waals surface area (Å²) in [6.07, 6.45) is 15.5. The molecule has 5 aliphatic heterocycles. The molecule has 10 unspecified atom stereocenters. The molecule has 0 radical (unpaired) electrons. The first kappa shape index (κ1) is 110. The number of H-pyrrole nitrogens is 6. The van der Waals surface area contributed by atoms with Gasteiger partial charge in [0.2, 0.25) is 0 Å². The average molecular weight is 2070 g/mol. The summed E-state index contributed by atoms with van der Waals surface area (Å²) >= 11 is 11.0. The third kappa shape index (κ3) is 26.4. The van der Waals surface area contributed by atoms with Gasteiger partial charge in [-0.15, -0.1) is 65.9 Å². The zero-order chi connectivity index (χ0) is 99.7. The van der Waals surface area contributed by atoms with E-state index in [-0.39, 0.29) is 60.2 Å². The molecule has 0 aliphatic carbocycles. The summed E-state index contributed by atoms with van der Waals surface area (Å²) in [4.78, 5) is 117. The van der Waals surface area contributed by atoms with Gasteiger partial charge in [0.1, 0.15) is 90.2 Å². The van der Waals surface area contributed by atoms with Gasteiger partial charge in [-0.05, 0) is 201 Å². The van der Waals surface area contributed by atoms with Crippen molar-refractivity contribution in [3.63, 3.8) is 0 Å². The number of ether oxygens (including phenoxy) is 5. The number of nitrogens with zero attached hydrogens (tertiary/aromatic N) is 14. The van der Waals surface area contributed by atoms with E-state index < -0.39 is 157 Å². The van der Waals surface area contributed by atoms with E-state index >= 15 is 0 Å². The van der Waals surface area contributed by atoms with Gasteiger partial charge in [0.25, 0.3) is 27.8 Å². The van der Waals surface area contributed by atoms with Crippen LogP contribution in [0, 0.1) is 39.4 Å². The zero-order valence-corrected chi connectivity index (χ0v) is 88.5. The largest absolute Gasteiger partial charge is 0.388 e. The number of aliphatic hydroxyl groups excluding tert-OH is 10. The van der Waals surface area contributed by atoms with E-state index in [4.69, 9.17) is 35.9 Å². The lowest BCUT2D eigenvalue weighted by Crippen LogP contribution is -2.32. The highest BCUT2D eigenvalue weighted by Gasteiger charge is 2.51. The number of rotatable bonds is 30. The van der Waals surface area contributed by atoms with Crippen LogP contribution in [0.25, 0.3) is 55.8 Å². The molecule has 20 atom stereocenters. The minimum absolute atomic E-state index is 0.193. The van der Waals surface area contributed by atoms with Crippen LogP contribution < -0.4 is 27.8 Å². The number of aromatic amines is 6. The molecule has 15 heterocycles. The summed E-state index contributed by atoms with van der Waals surface area (Å²) in [5.41, 5.74) is 1.11. The molecule has 5 saturated heterocycles. The van der Waals surface area contributed by atoms with E-state index in [2.05, 4.69) is 187 Å². The predicted molar refractivity (Wildman–Crippen MR) is 553 cm³/mol. The van der Waals surface area contributed by atoms with Crippen LogP contribution in [0.3, 0.4) is 0 Å².